The molecule has 1 aliphatic carbocycles. The van der Waals surface area contributed by atoms with Crippen LogP contribution in [0.2, 0.25) is 0 Å². The summed E-state index contributed by atoms with van der Waals surface area (Å²) in [6.45, 7) is 1.80. The molecule has 0 radical (unpaired) electrons. The van der Waals surface area contributed by atoms with Crippen molar-refractivity contribution in [2.45, 2.75) is 24.9 Å². The lowest BCUT2D eigenvalue weighted by atomic mass is 9.98. The molecule has 4 unspecified atom stereocenters. The lowest BCUT2D eigenvalue weighted by molar-refractivity contribution is -0.132. The number of hydrogen-bond acceptors (Lipinski definition) is 3. The van der Waals surface area contributed by atoms with Gasteiger partial charge in [-0.05, 0) is 24.3 Å². The molecular weight excluding hydrogens is 252 g/mol. The zero-order valence-electron chi connectivity index (χ0n) is 11.6. The lowest BCUT2D eigenvalue weighted by Crippen LogP contribution is -2.37. The van der Waals surface area contributed by atoms with Crippen LogP contribution in [-0.2, 0) is 4.79 Å². The highest BCUT2D eigenvalue weighted by molar-refractivity contribution is 5.84. The summed E-state index contributed by atoms with van der Waals surface area (Å²) in [4.78, 5) is 14.6. The largest absolute Gasteiger partial charge is 0.393 e. The highest BCUT2D eigenvalue weighted by atomic mass is 16.3. The summed E-state index contributed by atoms with van der Waals surface area (Å²) in [5.41, 5.74) is 6.80. The van der Waals surface area contributed by atoms with E-state index in [1.807, 2.05) is 35.2 Å². The maximum atomic E-state index is 12.7. The predicted molar refractivity (Wildman–Crippen MR) is 77.0 cm³/mol. The average Bonchev–Trinajstić information content (AvgIpc) is 3.03. The second-order valence-corrected chi connectivity index (χ2v) is 6.01. The van der Waals surface area contributed by atoms with Crippen LogP contribution in [0, 0.1) is 11.8 Å². The number of fused-ring (bicyclic) bond motifs is 1. The second-order valence-electron chi connectivity index (χ2n) is 6.01. The Bertz CT molecular complexity index is 477. The molecule has 1 amide bonds. The van der Waals surface area contributed by atoms with E-state index >= 15 is 0 Å². The zero-order valence-corrected chi connectivity index (χ0v) is 11.6. The van der Waals surface area contributed by atoms with Crippen LogP contribution in [-0.4, -0.2) is 41.7 Å². The number of carbonyl (C=O) groups is 1. The van der Waals surface area contributed by atoms with Crippen LogP contribution in [0.4, 0.5) is 0 Å². The number of likely N-dealkylation sites (tertiary alicyclic amines) is 1. The number of aliphatic hydroxyl groups excluding tert-OH is 1. The van der Waals surface area contributed by atoms with Gasteiger partial charge in [0.15, 0.2) is 0 Å². The minimum absolute atomic E-state index is 0.111. The third-order valence-electron chi connectivity index (χ3n) is 4.87. The predicted octanol–water partition coefficient (Wildman–Crippen LogP) is 0.958. The summed E-state index contributed by atoms with van der Waals surface area (Å²) in [5.74, 6) is 0.601. The Kier molecular flexibility index (Phi) is 3.76. The standard InChI is InChI=1S/C16H22N2O2/c17-8-13(11-4-2-1-3-5-11)16(20)18-9-12-6-7-15(19)14(12)10-18/h1-5,12-15,19H,6-10,17H2. The Hall–Kier alpha value is -1.39. The summed E-state index contributed by atoms with van der Waals surface area (Å²) < 4.78 is 0. The van der Waals surface area contributed by atoms with Crippen LogP contribution in [0.1, 0.15) is 24.3 Å². The van der Waals surface area contributed by atoms with Crippen LogP contribution in [0.3, 0.4) is 0 Å². The number of rotatable bonds is 3. The third-order valence-corrected chi connectivity index (χ3v) is 4.87. The van der Waals surface area contributed by atoms with Gasteiger partial charge >= 0.3 is 0 Å². The zero-order chi connectivity index (χ0) is 14.1. The molecule has 4 atom stereocenters. The van der Waals surface area contributed by atoms with Crippen molar-refractivity contribution < 1.29 is 9.90 Å². The van der Waals surface area contributed by atoms with Crippen molar-refractivity contribution in [3.63, 3.8) is 0 Å². The van der Waals surface area contributed by atoms with Gasteiger partial charge < -0.3 is 15.7 Å². The van der Waals surface area contributed by atoms with Gasteiger partial charge in [-0.3, -0.25) is 4.79 Å². The first-order chi connectivity index (χ1) is 9.70. The normalized spacial score (nSPS) is 30.3. The Morgan fingerprint density at radius 1 is 1.30 bits per heavy atom. The molecule has 1 saturated heterocycles. The first-order valence-electron chi connectivity index (χ1n) is 7.42. The quantitative estimate of drug-likeness (QED) is 0.862. The molecule has 4 nitrogen and oxygen atoms in total. The molecule has 1 aromatic rings. The highest BCUT2D eigenvalue weighted by Gasteiger charge is 2.44. The summed E-state index contributed by atoms with van der Waals surface area (Å²) in [6.07, 6.45) is 1.69. The molecule has 0 spiro atoms. The van der Waals surface area contributed by atoms with Crippen LogP contribution in [0.5, 0.6) is 0 Å². The molecule has 3 N–H and O–H groups in total. The van der Waals surface area contributed by atoms with Gasteiger partial charge in [0.25, 0.3) is 0 Å². The van der Waals surface area contributed by atoms with E-state index in [0.29, 0.717) is 19.0 Å². The maximum Gasteiger partial charge on any atom is 0.231 e. The molecule has 2 aliphatic rings. The fourth-order valence-electron chi connectivity index (χ4n) is 3.70. The van der Waals surface area contributed by atoms with Gasteiger partial charge in [-0.15, -0.1) is 0 Å². The Morgan fingerprint density at radius 2 is 2.05 bits per heavy atom. The van der Waals surface area contributed by atoms with Crippen molar-refractivity contribution >= 4 is 5.91 Å². The lowest BCUT2D eigenvalue weighted by Gasteiger charge is -2.24. The topological polar surface area (TPSA) is 66.6 Å². The minimum atomic E-state index is -0.257. The third kappa shape index (κ3) is 2.34. The van der Waals surface area contributed by atoms with E-state index in [0.717, 1.165) is 24.9 Å². The van der Waals surface area contributed by atoms with E-state index in [4.69, 9.17) is 5.73 Å². The van der Waals surface area contributed by atoms with Gasteiger partial charge in [0.1, 0.15) is 0 Å². The van der Waals surface area contributed by atoms with Crippen molar-refractivity contribution in [3.05, 3.63) is 35.9 Å². The minimum Gasteiger partial charge on any atom is -0.393 e. The molecule has 1 aromatic carbocycles. The Morgan fingerprint density at radius 3 is 2.70 bits per heavy atom. The van der Waals surface area contributed by atoms with E-state index < -0.39 is 0 Å². The SMILES string of the molecule is NCC(C(=O)N1CC2CCC(O)C2C1)c1ccccc1. The number of aliphatic hydroxyl groups is 1. The number of hydrogen-bond donors (Lipinski definition) is 2. The molecule has 108 valence electrons. The van der Waals surface area contributed by atoms with Crippen LogP contribution in [0.25, 0.3) is 0 Å². The first kappa shape index (κ1) is 13.6. The summed E-state index contributed by atoms with van der Waals surface area (Å²) in [6, 6.07) is 9.74. The molecule has 1 aliphatic heterocycles. The highest BCUT2D eigenvalue weighted by Crippen LogP contribution is 2.39. The molecule has 20 heavy (non-hydrogen) atoms. The molecule has 3 rings (SSSR count). The number of amides is 1. The molecule has 1 saturated carbocycles. The van der Waals surface area contributed by atoms with Gasteiger partial charge in [0, 0.05) is 25.6 Å². The van der Waals surface area contributed by atoms with Gasteiger partial charge in [-0.1, -0.05) is 30.3 Å². The fraction of sp³-hybridized carbons (Fsp3) is 0.562. The van der Waals surface area contributed by atoms with Gasteiger partial charge in [0.2, 0.25) is 5.91 Å². The van der Waals surface area contributed by atoms with E-state index in [9.17, 15) is 9.90 Å². The van der Waals surface area contributed by atoms with Gasteiger partial charge in [-0.2, -0.15) is 0 Å². The average molecular weight is 274 g/mol. The number of carbonyl (C=O) groups excluding carboxylic acids is 1. The van der Waals surface area contributed by atoms with Crippen LogP contribution in [0.15, 0.2) is 30.3 Å². The van der Waals surface area contributed by atoms with Crippen molar-refractivity contribution in [1.82, 2.24) is 4.90 Å². The van der Waals surface area contributed by atoms with Crippen molar-refractivity contribution in [3.8, 4) is 0 Å². The van der Waals surface area contributed by atoms with E-state index in [1.165, 1.54) is 0 Å². The smallest absolute Gasteiger partial charge is 0.231 e. The van der Waals surface area contributed by atoms with Crippen molar-refractivity contribution in [2.75, 3.05) is 19.6 Å². The molecule has 0 bridgehead atoms. The van der Waals surface area contributed by atoms with Crippen molar-refractivity contribution in [1.29, 1.82) is 0 Å². The molecule has 4 heteroatoms. The molecule has 0 aromatic heterocycles. The molecule has 1 heterocycles. The Balaban J connectivity index is 1.72. The maximum absolute atomic E-state index is 12.7. The summed E-state index contributed by atoms with van der Waals surface area (Å²) >= 11 is 0. The van der Waals surface area contributed by atoms with E-state index in [-0.39, 0.29) is 23.8 Å². The number of benzene rings is 1. The fourth-order valence-corrected chi connectivity index (χ4v) is 3.70. The van der Waals surface area contributed by atoms with E-state index in [2.05, 4.69) is 0 Å². The first-order valence-corrected chi connectivity index (χ1v) is 7.42. The van der Waals surface area contributed by atoms with Crippen molar-refractivity contribution in [2.24, 2.45) is 17.6 Å². The van der Waals surface area contributed by atoms with Gasteiger partial charge in [-0.25, -0.2) is 0 Å². The van der Waals surface area contributed by atoms with Crippen LogP contribution >= 0.6 is 0 Å². The monoisotopic (exact) mass is 274 g/mol. The molecule has 2 fully saturated rings. The number of nitrogens with zero attached hydrogens (tertiary/aromatic N) is 1. The number of nitrogens with two attached hydrogens (primary N) is 1. The molecular formula is C16H22N2O2. The van der Waals surface area contributed by atoms with Gasteiger partial charge in [0.05, 0.1) is 12.0 Å². The van der Waals surface area contributed by atoms with E-state index in [1.54, 1.807) is 0 Å². The van der Waals surface area contributed by atoms with Crippen LogP contribution < -0.4 is 5.73 Å². The summed E-state index contributed by atoms with van der Waals surface area (Å²) in [5, 5.41) is 9.95. The summed E-state index contributed by atoms with van der Waals surface area (Å²) in [7, 11) is 0. The Labute approximate surface area is 119 Å². The second kappa shape index (κ2) is 5.54.